The van der Waals surface area contributed by atoms with Gasteiger partial charge >= 0.3 is 6.03 Å². The first-order chi connectivity index (χ1) is 15.1. The molecule has 31 heavy (non-hydrogen) atoms. The van der Waals surface area contributed by atoms with Gasteiger partial charge in [0.15, 0.2) is 0 Å². The molecule has 1 aliphatic heterocycles. The highest BCUT2D eigenvalue weighted by Crippen LogP contribution is 2.16. The third-order valence-corrected chi connectivity index (χ3v) is 5.77. The number of fused-ring (bicyclic) bond motifs is 1. The summed E-state index contributed by atoms with van der Waals surface area (Å²) in [4.78, 5) is 32.0. The van der Waals surface area contributed by atoms with Gasteiger partial charge in [-0.3, -0.25) is 4.79 Å². The molecule has 162 valence electrons. The molecule has 4 rings (SSSR count). The number of aryl methyl sites for hydroxylation is 1. The first-order valence-corrected chi connectivity index (χ1v) is 10.7. The van der Waals surface area contributed by atoms with Crippen molar-refractivity contribution in [2.24, 2.45) is 0 Å². The van der Waals surface area contributed by atoms with Crippen molar-refractivity contribution in [1.82, 2.24) is 9.88 Å². The Kier molecular flexibility index (Phi) is 6.64. The predicted octanol–water partition coefficient (Wildman–Crippen LogP) is 1.79. The van der Waals surface area contributed by atoms with E-state index in [9.17, 15) is 9.59 Å². The topological polar surface area (TPSA) is 78.9 Å². The fraction of sp³-hybridized carbons (Fsp3) is 0.333. The van der Waals surface area contributed by atoms with E-state index in [1.54, 1.807) is 4.90 Å². The molecule has 2 amide bonds. The van der Waals surface area contributed by atoms with Gasteiger partial charge in [0.1, 0.15) is 13.1 Å². The lowest BCUT2D eigenvalue weighted by molar-refractivity contribution is -0.907. The summed E-state index contributed by atoms with van der Waals surface area (Å²) in [6.45, 7) is 6.96. The average molecular weight is 422 g/mol. The Labute approximate surface area is 181 Å². The van der Waals surface area contributed by atoms with E-state index in [1.807, 2.05) is 61.5 Å². The number of carbonyl (C=O) groups excluding carboxylic acids is 1. The van der Waals surface area contributed by atoms with Crippen molar-refractivity contribution in [1.29, 1.82) is 0 Å². The Morgan fingerprint density at radius 2 is 1.90 bits per heavy atom. The first kappa shape index (κ1) is 21.1. The number of pyridine rings is 1. The highest BCUT2D eigenvalue weighted by molar-refractivity contribution is 5.89. The van der Waals surface area contributed by atoms with Crippen molar-refractivity contribution in [3.8, 4) is 0 Å². The lowest BCUT2D eigenvalue weighted by Gasteiger charge is -2.28. The fourth-order valence-corrected chi connectivity index (χ4v) is 3.93. The minimum absolute atomic E-state index is 0.155. The van der Waals surface area contributed by atoms with Crippen LogP contribution in [0.5, 0.6) is 0 Å². The van der Waals surface area contributed by atoms with Crippen molar-refractivity contribution in [3.05, 3.63) is 76.1 Å². The van der Waals surface area contributed by atoms with E-state index >= 15 is 0 Å². The summed E-state index contributed by atoms with van der Waals surface area (Å²) in [7, 11) is 0. The molecule has 1 saturated heterocycles. The van der Waals surface area contributed by atoms with Crippen LogP contribution in [0.25, 0.3) is 10.9 Å². The zero-order valence-corrected chi connectivity index (χ0v) is 17.8. The van der Waals surface area contributed by atoms with Crippen LogP contribution in [0.2, 0.25) is 0 Å². The van der Waals surface area contributed by atoms with Gasteiger partial charge in [0, 0.05) is 11.3 Å². The Morgan fingerprint density at radius 1 is 1.13 bits per heavy atom. The van der Waals surface area contributed by atoms with E-state index in [1.165, 1.54) is 4.90 Å². The van der Waals surface area contributed by atoms with E-state index in [-0.39, 0.29) is 18.1 Å². The van der Waals surface area contributed by atoms with Gasteiger partial charge in [-0.05, 0) is 36.1 Å². The summed E-state index contributed by atoms with van der Waals surface area (Å²) in [6.07, 6.45) is 0. The maximum atomic E-state index is 13.1. The van der Waals surface area contributed by atoms with Crippen LogP contribution in [0, 0.1) is 6.92 Å². The van der Waals surface area contributed by atoms with Crippen molar-refractivity contribution >= 4 is 22.6 Å². The number of anilines is 1. The van der Waals surface area contributed by atoms with E-state index in [4.69, 9.17) is 4.74 Å². The second-order valence-corrected chi connectivity index (χ2v) is 7.99. The predicted molar refractivity (Wildman–Crippen MR) is 122 cm³/mol. The number of morpholine rings is 1. The molecular weight excluding hydrogens is 392 g/mol. The molecule has 0 radical (unpaired) electrons. The largest absolute Gasteiger partial charge is 0.370 e. The average Bonchev–Trinajstić information content (AvgIpc) is 2.79. The first-order valence-electron chi connectivity index (χ1n) is 10.7. The number of rotatable bonds is 6. The monoisotopic (exact) mass is 421 g/mol. The number of quaternary nitrogens is 1. The van der Waals surface area contributed by atoms with Crippen LogP contribution in [0.3, 0.4) is 0 Å². The zero-order valence-electron chi connectivity index (χ0n) is 17.8. The standard InChI is InChI=1S/C24H28N4O3/c1-18-6-5-7-19-16-20(23(29)26-22(18)19)17-28(11-10-27-12-14-31-15-13-27)24(30)25-21-8-3-2-4-9-21/h2-9,16H,10-15,17H2,1H3,(H,25,30)(H,26,29)/p+1. The molecule has 1 fully saturated rings. The van der Waals surface area contributed by atoms with E-state index < -0.39 is 0 Å². The quantitative estimate of drug-likeness (QED) is 0.568. The lowest BCUT2D eigenvalue weighted by Crippen LogP contribution is -3.14. The summed E-state index contributed by atoms with van der Waals surface area (Å²) in [5, 5.41) is 3.93. The number of hydrogen-bond donors (Lipinski definition) is 3. The second-order valence-electron chi connectivity index (χ2n) is 7.99. The number of nitrogens with zero attached hydrogens (tertiary/aromatic N) is 1. The summed E-state index contributed by atoms with van der Waals surface area (Å²) < 4.78 is 5.44. The summed E-state index contributed by atoms with van der Waals surface area (Å²) >= 11 is 0. The number of aromatic nitrogens is 1. The third kappa shape index (κ3) is 5.31. The minimum Gasteiger partial charge on any atom is -0.370 e. The number of urea groups is 1. The lowest BCUT2D eigenvalue weighted by atomic mass is 10.1. The summed E-state index contributed by atoms with van der Waals surface area (Å²) in [5.41, 5.74) is 3.03. The van der Waals surface area contributed by atoms with Crippen LogP contribution in [-0.2, 0) is 11.3 Å². The number of hydrogen-bond acceptors (Lipinski definition) is 3. The van der Waals surface area contributed by atoms with E-state index in [2.05, 4.69) is 10.3 Å². The summed E-state index contributed by atoms with van der Waals surface area (Å²) in [6, 6.07) is 17.0. The van der Waals surface area contributed by atoms with Gasteiger partial charge in [-0.1, -0.05) is 36.4 Å². The van der Waals surface area contributed by atoms with Gasteiger partial charge < -0.3 is 24.8 Å². The Balaban J connectivity index is 1.55. The number of benzene rings is 2. The van der Waals surface area contributed by atoms with Crippen LogP contribution >= 0.6 is 0 Å². The summed E-state index contributed by atoms with van der Waals surface area (Å²) in [5.74, 6) is 0. The Hall–Kier alpha value is -3.16. The van der Waals surface area contributed by atoms with Crippen LogP contribution in [-0.4, -0.2) is 55.3 Å². The van der Waals surface area contributed by atoms with Crippen molar-refractivity contribution < 1.29 is 14.4 Å². The maximum Gasteiger partial charge on any atom is 0.322 e. The van der Waals surface area contributed by atoms with Crippen LogP contribution in [0.15, 0.2) is 59.4 Å². The molecule has 0 atom stereocenters. The Morgan fingerprint density at radius 3 is 2.68 bits per heavy atom. The molecule has 2 aromatic carbocycles. The molecule has 3 N–H and O–H groups in total. The molecule has 0 aliphatic carbocycles. The van der Waals surface area contributed by atoms with Gasteiger partial charge in [0.2, 0.25) is 0 Å². The second kappa shape index (κ2) is 9.76. The smallest absolute Gasteiger partial charge is 0.322 e. The van der Waals surface area contributed by atoms with Gasteiger partial charge in [-0.2, -0.15) is 0 Å². The van der Waals surface area contributed by atoms with Gasteiger partial charge in [-0.25, -0.2) is 4.79 Å². The number of para-hydroxylation sites is 2. The highest BCUT2D eigenvalue weighted by Gasteiger charge is 2.20. The van der Waals surface area contributed by atoms with Gasteiger partial charge in [-0.15, -0.1) is 0 Å². The molecule has 1 aliphatic rings. The van der Waals surface area contributed by atoms with Gasteiger partial charge in [0.05, 0.1) is 38.4 Å². The number of amides is 2. The minimum atomic E-state index is -0.206. The molecular formula is C24H29N4O3+. The van der Waals surface area contributed by atoms with Crippen LogP contribution in [0.1, 0.15) is 11.1 Å². The maximum absolute atomic E-state index is 13.1. The van der Waals surface area contributed by atoms with E-state index in [0.29, 0.717) is 12.1 Å². The number of ether oxygens (including phenoxy) is 1. The molecule has 0 saturated carbocycles. The van der Waals surface area contributed by atoms with Crippen molar-refractivity contribution in [2.75, 3.05) is 44.7 Å². The van der Waals surface area contributed by atoms with Gasteiger partial charge in [0.25, 0.3) is 5.56 Å². The molecule has 0 spiro atoms. The van der Waals surface area contributed by atoms with Crippen molar-refractivity contribution in [2.45, 2.75) is 13.5 Å². The molecule has 7 nitrogen and oxygen atoms in total. The molecule has 1 aromatic heterocycles. The number of H-pyrrole nitrogens is 1. The van der Waals surface area contributed by atoms with Crippen LogP contribution in [0.4, 0.5) is 10.5 Å². The van der Waals surface area contributed by atoms with E-state index in [0.717, 1.165) is 55.0 Å². The normalized spacial score (nSPS) is 14.5. The molecule has 7 heteroatoms. The SMILES string of the molecule is Cc1cccc2cc(CN(CC[NH+]3CCOCC3)C(=O)Nc3ccccc3)c(=O)[nH]c12. The molecule has 3 aromatic rings. The highest BCUT2D eigenvalue weighted by atomic mass is 16.5. The number of aromatic amines is 1. The van der Waals surface area contributed by atoms with Crippen LogP contribution < -0.4 is 15.8 Å². The fourth-order valence-electron chi connectivity index (χ4n) is 3.93. The Bertz CT molecular complexity index is 1090. The third-order valence-electron chi connectivity index (χ3n) is 5.77. The number of carbonyl (C=O) groups is 1. The molecule has 0 bridgehead atoms. The zero-order chi connectivity index (χ0) is 21.6. The van der Waals surface area contributed by atoms with Crippen molar-refractivity contribution in [3.63, 3.8) is 0 Å². The molecule has 0 unspecified atom stereocenters. The molecule has 2 heterocycles. The number of nitrogens with one attached hydrogen (secondary N) is 3.